The van der Waals surface area contributed by atoms with E-state index in [1.807, 2.05) is 19.2 Å². The van der Waals surface area contributed by atoms with Crippen molar-refractivity contribution in [1.29, 1.82) is 0 Å². The molecule has 1 aromatic heterocycles. The molecule has 1 aromatic rings. The van der Waals surface area contributed by atoms with Crippen LogP contribution < -0.4 is 0 Å². The summed E-state index contributed by atoms with van der Waals surface area (Å²) >= 11 is 1.45. The van der Waals surface area contributed by atoms with E-state index in [0.29, 0.717) is 12.0 Å². The van der Waals surface area contributed by atoms with Gasteiger partial charge in [-0.25, -0.2) is 0 Å². The highest BCUT2D eigenvalue weighted by atomic mass is 32.1. The van der Waals surface area contributed by atoms with E-state index in [-0.39, 0.29) is 18.6 Å². The van der Waals surface area contributed by atoms with Gasteiger partial charge in [0.2, 0.25) is 0 Å². The predicted octanol–water partition coefficient (Wildman–Crippen LogP) is 1.96. The minimum absolute atomic E-state index is 0.0199. The number of aliphatic hydroxyl groups excluding tert-OH is 1. The summed E-state index contributed by atoms with van der Waals surface area (Å²) in [5.41, 5.74) is 0.680. The smallest absolute Gasteiger partial charge is 0.254 e. The molecule has 0 saturated carbocycles. The molecule has 4 heteroatoms. The Balaban J connectivity index is 2.75. The third kappa shape index (κ3) is 3.88. The molecule has 0 radical (unpaired) electrons. The van der Waals surface area contributed by atoms with Crippen LogP contribution in [0.1, 0.15) is 35.5 Å². The first-order valence-corrected chi connectivity index (χ1v) is 6.39. The van der Waals surface area contributed by atoms with Gasteiger partial charge in [0.05, 0.1) is 17.0 Å². The third-order valence-electron chi connectivity index (χ3n) is 2.39. The molecule has 1 amide bonds. The number of hydrogen-bond donors (Lipinski definition) is 1. The minimum atomic E-state index is 0.0199. The van der Waals surface area contributed by atoms with Crippen molar-refractivity contribution in [3.05, 3.63) is 21.9 Å². The Hall–Kier alpha value is -1.31. The van der Waals surface area contributed by atoms with E-state index in [2.05, 4.69) is 11.8 Å². The van der Waals surface area contributed by atoms with E-state index < -0.39 is 0 Å². The van der Waals surface area contributed by atoms with Crippen LogP contribution in [0, 0.1) is 11.8 Å². The lowest BCUT2D eigenvalue weighted by atomic mass is 10.2. The molecule has 0 aliphatic rings. The van der Waals surface area contributed by atoms with Crippen molar-refractivity contribution in [2.45, 2.75) is 26.3 Å². The van der Waals surface area contributed by atoms with Gasteiger partial charge in [-0.05, 0) is 19.9 Å². The number of carbonyl (C=O) groups is 1. The summed E-state index contributed by atoms with van der Waals surface area (Å²) in [7, 11) is 1.79. The van der Waals surface area contributed by atoms with Crippen molar-refractivity contribution < 1.29 is 9.90 Å². The maximum atomic E-state index is 12.0. The highest BCUT2D eigenvalue weighted by Crippen LogP contribution is 2.16. The predicted molar refractivity (Wildman–Crippen MR) is 70.1 cm³/mol. The molecular weight excluding hydrogens is 234 g/mol. The highest BCUT2D eigenvalue weighted by Gasteiger charge is 2.15. The summed E-state index contributed by atoms with van der Waals surface area (Å²) in [4.78, 5) is 14.5. The van der Waals surface area contributed by atoms with Gasteiger partial charge >= 0.3 is 0 Å². The first kappa shape index (κ1) is 13.8. The average Bonchev–Trinajstić information content (AvgIpc) is 2.76. The second-order valence-corrected chi connectivity index (χ2v) is 4.90. The van der Waals surface area contributed by atoms with Gasteiger partial charge in [0.25, 0.3) is 5.91 Å². The van der Waals surface area contributed by atoms with E-state index >= 15 is 0 Å². The summed E-state index contributed by atoms with van der Waals surface area (Å²) in [6.07, 6.45) is 0.465. The molecule has 0 atom stereocenters. The van der Waals surface area contributed by atoms with Crippen LogP contribution in [0.2, 0.25) is 0 Å². The zero-order valence-corrected chi connectivity index (χ0v) is 11.2. The molecule has 0 aromatic carbocycles. The zero-order valence-electron chi connectivity index (χ0n) is 10.4. The van der Waals surface area contributed by atoms with Crippen LogP contribution >= 0.6 is 11.3 Å². The Morgan fingerprint density at radius 1 is 1.59 bits per heavy atom. The van der Waals surface area contributed by atoms with E-state index in [1.165, 1.54) is 11.3 Å². The van der Waals surface area contributed by atoms with Crippen molar-refractivity contribution in [2.24, 2.45) is 0 Å². The molecule has 0 saturated heterocycles. The zero-order chi connectivity index (χ0) is 12.8. The van der Waals surface area contributed by atoms with Crippen molar-refractivity contribution in [3.63, 3.8) is 0 Å². The molecule has 0 aliphatic heterocycles. The van der Waals surface area contributed by atoms with Crippen LogP contribution in [-0.4, -0.2) is 35.6 Å². The quantitative estimate of drug-likeness (QED) is 0.834. The number of nitrogens with zero attached hydrogens (tertiary/aromatic N) is 1. The van der Waals surface area contributed by atoms with Gasteiger partial charge in [0.1, 0.15) is 0 Å². The first-order chi connectivity index (χ1) is 8.06. The third-order valence-corrected chi connectivity index (χ3v) is 3.24. The second kappa shape index (κ2) is 6.43. The van der Waals surface area contributed by atoms with Gasteiger partial charge in [0, 0.05) is 24.9 Å². The monoisotopic (exact) mass is 251 g/mol. The molecule has 17 heavy (non-hydrogen) atoms. The van der Waals surface area contributed by atoms with Crippen LogP contribution in [0.25, 0.3) is 0 Å². The summed E-state index contributed by atoms with van der Waals surface area (Å²) < 4.78 is 0. The van der Waals surface area contributed by atoms with Crippen LogP contribution in [0.4, 0.5) is 0 Å². The van der Waals surface area contributed by atoms with E-state index in [1.54, 1.807) is 18.0 Å². The van der Waals surface area contributed by atoms with E-state index in [9.17, 15) is 4.79 Å². The van der Waals surface area contributed by atoms with Gasteiger partial charge in [-0.3, -0.25) is 4.79 Å². The summed E-state index contributed by atoms with van der Waals surface area (Å²) in [5, 5.41) is 10.4. The Kier molecular flexibility index (Phi) is 5.20. The molecule has 0 unspecified atom stereocenters. The fraction of sp³-hybridized carbons (Fsp3) is 0.462. The van der Waals surface area contributed by atoms with E-state index in [4.69, 9.17) is 5.11 Å². The number of rotatable bonds is 3. The van der Waals surface area contributed by atoms with E-state index in [0.717, 1.165) is 4.88 Å². The van der Waals surface area contributed by atoms with Crippen LogP contribution in [0.3, 0.4) is 0 Å². The Morgan fingerprint density at radius 3 is 2.88 bits per heavy atom. The largest absolute Gasteiger partial charge is 0.395 e. The topological polar surface area (TPSA) is 40.5 Å². The fourth-order valence-electron chi connectivity index (χ4n) is 1.16. The number of hydrogen-bond acceptors (Lipinski definition) is 3. The number of aliphatic hydroxyl groups is 1. The number of amides is 1. The maximum Gasteiger partial charge on any atom is 0.254 e. The lowest BCUT2D eigenvalue weighted by Gasteiger charge is -2.20. The lowest BCUT2D eigenvalue weighted by molar-refractivity contribution is 0.0755. The van der Waals surface area contributed by atoms with Gasteiger partial charge < -0.3 is 10.0 Å². The molecule has 0 fully saturated rings. The molecule has 0 spiro atoms. The standard InChI is InChI=1S/C13H17NO2S/c1-10(2)14(3)13(16)11-8-12(17-9-11)6-4-5-7-15/h8-10,15H,5,7H2,1-3H3. The summed E-state index contributed by atoms with van der Waals surface area (Å²) in [6, 6.07) is 1.99. The van der Waals surface area contributed by atoms with Crippen LogP contribution in [-0.2, 0) is 0 Å². The summed E-state index contributed by atoms with van der Waals surface area (Å²) in [6.45, 7) is 4.03. The Morgan fingerprint density at radius 2 is 2.29 bits per heavy atom. The SMILES string of the molecule is CC(C)N(C)C(=O)c1csc(C#CCCO)c1. The van der Waals surface area contributed by atoms with Gasteiger partial charge in [-0.1, -0.05) is 11.8 Å². The summed E-state index contributed by atoms with van der Waals surface area (Å²) in [5.74, 6) is 5.79. The molecular formula is C13H17NO2S. The van der Waals surface area contributed by atoms with Crippen molar-refractivity contribution in [1.82, 2.24) is 4.90 Å². The lowest BCUT2D eigenvalue weighted by Crippen LogP contribution is -2.32. The molecule has 0 aliphatic carbocycles. The maximum absolute atomic E-state index is 12.0. The Bertz CT molecular complexity index is 440. The molecule has 0 bridgehead atoms. The molecule has 3 nitrogen and oxygen atoms in total. The van der Waals surface area contributed by atoms with Crippen molar-refractivity contribution in [3.8, 4) is 11.8 Å². The molecule has 1 N–H and O–H groups in total. The Labute approximate surface area is 106 Å². The average molecular weight is 251 g/mol. The van der Waals surface area contributed by atoms with Gasteiger partial charge in [-0.15, -0.1) is 11.3 Å². The molecule has 92 valence electrons. The normalized spacial score (nSPS) is 9.94. The van der Waals surface area contributed by atoms with Crippen molar-refractivity contribution in [2.75, 3.05) is 13.7 Å². The van der Waals surface area contributed by atoms with Gasteiger partial charge in [0.15, 0.2) is 0 Å². The second-order valence-electron chi connectivity index (χ2n) is 3.98. The number of carbonyl (C=O) groups excluding carboxylic acids is 1. The first-order valence-electron chi connectivity index (χ1n) is 5.51. The van der Waals surface area contributed by atoms with Crippen LogP contribution in [0.15, 0.2) is 11.4 Å². The van der Waals surface area contributed by atoms with Crippen molar-refractivity contribution >= 4 is 17.2 Å². The van der Waals surface area contributed by atoms with Gasteiger partial charge in [-0.2, -0.15) is 0 Å². The molecule has 1 heterocycles. The minimum Gasteiger partial charge on any atom is -0.395 e. The fourth-order valence-corrected chi connectivity index (χ4v) is 1.91. The number of thiophene rings is 1. The molecule has 1 rings (SSSR count). The highest BCUT2D eigenvalue weighted by molar-refractivity contribution is 7.10. The van der Waals surface area contributed by atoms with Crippen LogP contribution in [0.5, 0.6) is 0 Å².